The van der Waals surface area contributed by atoms with Crippen LogP contribution in [0.15, 0.2) is 53.5 Å². The van der Waals surface area contributed by atoms with Crippen LogP contribution in [0.5, 0.6) is 5.75 Å². The van der Waals surface area contributed by atoms with Gasteiger partial charge in [0.1, 0.15) is 5.75 Å². The fourth-order valence-electron chi connectivity index (χ4n) is 2.52. The van der Waals surface area contributed by atoms with Gasteiger partial charge in [-0.05, 0) is 41.8 Å². The van der Waals surface area contributed by atoms with Gasteiger partial charge in [-0.1, -0.05) is 35.9 Å². The van der Waals surface area contributed by atoms with E-state index in [0.717, 1.165) is 41.7 Å². The van der Waals surface area contributed by atoms with Crippen molar-refractivity contribution in [2.24, 2.45) is 4.99 Å². The molecule has 0 saturated heterocycles. The summed E-state index contributed by atoms with van der Waals surface area (Å²) in [6, 6.07) is 16.0. The van der Waals surface area contributed by atoms with E-state index in [1.165, 1.54) is 5.56 Å². The maximum absolute atomic E-state index is 5.91. The van der Waals surface area contributed by atoms with Crippen LogP contribution in [0.1, 0.15) is 17.5 Å². The van der Waals surface area contributed by atoms with Gasteiger partial charge in [-0.15, -0.1) is 24.0 Å². The second kappa shape index (κ2) is 14.5. The van der Waals surface area contributed by atoms with Gasteiger partial charge in [-0.2, -0.15) is 0 Å². The van der Waals surface area contributed by atoms with Gasteiger partial charge < -0.3 is 20.1 Å². The standard InChI is InChI=1S/C21H28ClN3O2.HI/c1-23-21(24-12-11-17-7-9-19(22)10-8-17)25-16-18-5-3-6-20(15-18)27-14-4-13-26-2;/h3,5-10,15H,4,11-14,16H2,1-2H3,(H2,23,24,25);1H. The van der Waals surface area contributed by atoms with Crippen LogP contribution in [0.2, 0.25) is 5.02 Å². The molecule has 0 amide bonds. The molecule has 0 atom stereocenters. The Hall–Kier alpha value is -1.51. The minimum atomic E-state index is 0. The largest absolute Gasteiger partial charge is 0.493 e. The quantitative estimate of drug-likeness (QED) is 0.214. The molecule has 0 saturated carbocycles. The number of aliphatic imine (C=N–C) groups is 1. The molecule has 2 aromatic rings. The second-order valence-corrected chi connectivity index (χ2v) is 6.51. The molecule has 7 heteroatoms. The third-order valence-electron chi connectivity index (χ3n) is 3.96. The summed E-state index contributed by atoms with van der Waals surface area (Å²) < 4.78 is 10.8. The Kier molecular flexibility index (Phi) is 12.7. The summed E-state index contributed by atoms with van der Waals surface area (Å²) in [5.41, 5.74) is 2.38. The molecule has 2 rings (SSSR count). The van der Waals surface area contributed by atoms with Gasteiger partial charge >= 0.3 is 0 Å². The van der Waals surface area contributed by atoms with Crippen molar-refractivity contribution in [1.82, 2.24) is 10.6 Å². The number of guanidine groups is 1. The fraction of sp³-hybridized carbons (Fsp3) is 0.381. The average molecular weight is 518 g/mol. The smallest absolute Gasteiger partial charge is 0.191 e. The first-order valence-electron chi connectivity index (χ1n) is 9.11. The zero-order valence-corrected chi connectivity index (χ0v) is 19.5. The third kappa shape index (κ3) is 9.61. The predicted molar refractivity (Wildman–Crippen MR) is 127 cm³/mol. The summed E-state index contributed by atoms with van der Waals surface area (Å²) >= 11 is 5.91. The maximum Gasteiger partial charge on any atom is 0.191 e. The molecule has 0 radical (unpaired) electrons. The Balaban J connectivity index is 0.00000392. The van der Waals surface area contributed by atoms with Crippen LogP contribution >= 0.6 is 35.6 Å². The Bertz CT molecular complexity index is 711. The summed E-state index contributed by atoms with van der Waals surface area (Å²) in [5.74, 6) is 1.64. The van der Waals surface area contributed by atoms with E-state index in [-0.39, 0.29) is 24.0 Å². The number of nitrogens with zero attached hydrogens (tertiary/aromatic N) is 1. The number of rotatable bonds is 10. The molecule has 2 N–H and O–H groups in total. The first-order chi connectivity index (χ1) is 13.2. The van der Waals surface area contributed by atoms with Crippen molar-refractivity contribution in [3.05, 3.63) is 64.7 Å². The van der Waals surface area contributed by atoms with Crippen LogP contribution in [0.3, 0.4) is 0 Å². The summed E-state index contributed by atoms with van der Waals surface area (Å²) in [7, 11) is 3.47. The van der Waals surface area contributed by atoms with E-state index in [9.17, 15) is 0 Å². The average Bonchev–Trinajstić information content (AvgIpc) is 2.69. The predicted octanol–water partition coefficient (Wildman–Crippen LogP) is 4.28. The van der Waals surface area contributed by atoms with E-state index < -0.39 is 0 Å². The highest BCUT2D eigenvalue weighted by atomic mass is 127. The molecule has 0 unspecified atom stereocenters. The maximum atomic E-state index is 5.91. The normalized spacial score (nSPS) is 10.9. The van der Waals surface area contributed by atoms with Gasteiger partial charge in [0.05, 0.1) is 6.61 Å². The Morgan fingerprint density at radius 3 is 2.54 bits per heavy atom. The first kappa shape index (κ1) is 24.5. The molecule has 0 aliphatic heterocycles. The van der Waals surface area contributed by atoms with E-state index >= 15 is 0 Å². The monoisotopic (exact) mass is 517 g/mol. The number of hydrogen-bond acceptors (Lipinski definition) is 3. The van der Waals surface area contributed by atoms with Crippen molar-refractivity contribution >= 4 is 41.5 Å². The van der Waals surface area contributed by atoms with Gasteiger partial charge in [0.25, 0.3) is 0 Å². The van der Waals surface area contributed by atoms with E-state index in [2.05, 4.69) is 21.7 Å². The lowest BCUT2D eigenvalue weighted by atomic mass is 10.1. The first-order valence-corrected chi connectivity index (χ1v) is 9.48. The van der Waals surface area contributed by atoms with Crippen LogP contribution in [-0.2, 0) is 17.7 Å². The molecule has 5 nitrogen and oxygen atoms in total. The van der Waals surface area contributed by atoms with Crippen molar-refractivity contribution in [3.63, 3.8) is 0 Å². The SMILES string of the molecule is CN=C(NCCc1ccc(Cl)cc1)NCc1cccc(OCCCOC)c1.I. The minimum Gasteiger partial charge on any atom is -0.493 e. The van der Waals surface area contributed by atoms with E-state index in [0.29, 0.717) is 19.8 Å². The van der Waals surface area contributed by atoms with Gasteiger partial charge in [-0.3, -0.25) is 4.99 Å². The van der Waals surface area contributed by atoms with Gasteiger partial charge in [0.2, 0.25) is 0 Å². The molecular weight excluding hydrogens is 489 g/mol. The lowest BCUT2D eigenvalue weighted by molar-refractivity contribution is 0.172. The number of nitrogens with one attached hydrogen (secondary N) is 2. The van der Waals surface area contributed by atoms with Crippen molar-refractivity contribution in [2.45, 2.75) is 19.4 Å². The van der Waals surface area contributed by atoms with Crippen LogP contribution in [0.4, 0.5) is 0 Å². The van der Waals surface area contributed by atoms with Gasteiger partial charge in [0, 0.05) is 45.3 Å². The Labute approximate surface area is 189 Å². The molecule has 28 heavy (non-hydrogen) atoms. The molecule has 0 heterocycles. The highest BCUT2D eigenvalue weighted by Gasteiger charge is 2.01. The van der Waals surface area contributed by atoms with Crippen LogP contribution in [0, 0.1) is 0 Å². The Morgan fingerprint density at radius 1 is 1.04 bits per heavy atom. The highest BCUT2D eigenvalue weighted by Crippen LogP contribution is 2.13. The highest BCUT2D eigenvalue weighted by molar-refractivity contribution is 14.0. The molecular formula is C21H29ClIN3O2. The van der Waals surface area contributed by atoms with E-state index in [1.54, 1.807) is 14.2 Å². The minimum absolute atomic E-state index is 0. The molecule has 0 fully saturated rings. The van der Waals surface area contributed by atoms with Crippen LogP contribution in [-0.4, -0.2) is 39.9 Å². The number of halogens is 2. The number of hydrogen-bond donors (Lipinski definition) is 2. The summed E-state index contributed by atoms with van der Waals surface area (Å²) in [5, 5.41) is 7.41. The van der Waals surface area contributed by atoms with Gasteiger partial charge in [-0.25, -0.2) is 0 Å². The van der Waals surface area contributed by atoms with Crippen molar-refractivity contribution in [3.8, 4) is 5.75 Å². The third-order valence-corrected chi connectivity index (χ3v) is 4.21. The lowest BCUT2D eigenvalue weighted by Gasteiger charge is -2.13. The molecule has 0 aliphatic rings. The van der Waals surface area contributed by atoms with Crippen LogP contribution < -0.4 is 15.4 Å². The summed E-state index contributed by atoms with van der Waals surface area (Å²) in [6.45, 7) is 2.83. The lowest BCUT2D eigenvalue weighted by Crippen LogP contribution is -2.37. The molecule has 0 bridgehead atoms. The molecule has 0 spiro atoms. The number of ether oxygens (including phenoxy) is 2. The molecule has 2 aromatic carbocycles. The Morgan fingerprint density at radius 2 is 1.82 bits per heavy atom. The molecule has 0 aromatic heterocycles. The fourth-order valence-corrected chi connectivity index (χ4v) is 2.65. The number of methoxy groups -OCH3 is 1. The van der Waals surface area contributed by atoms with Crippen LogP contribution in [0.25, 0.3) is 0 Å². The molecule has 154 valence electrons. The van der Waals surface area contributed by atoms with Crippen molar-refractivity contribution in [1.29, 1.82) is 0 Å². The molecule has 0 aliphatic carbocycles. The van der Waals surface area contributed by atoms with E-state index in [4.69, 9.17) is 21.1 Å². The zero-order chi connectivity index (χ0) is 19.3. The topological polar surface area (TPSA) is 54.9 Å². The summed E-state index contributed by atoms with van der Waals surface area (Å²) in [6.07, 6.45) is 1.78. The van der Waals surface area contributed by atoms with Crippen molar-refractivity contribution < 1.29 is 9.47 Å². The summed E-state index contributed by atoms with van der Waals surface area (Å²) in [4.78, 5) is 4.27. The second-order valence-electron chi connectivity index (χ2n) is 6.07. The van der Waals surface area contributed by atoms with Gasteiger partial charge in [0.15, 0.2) is 5.96 Å². The number of benzene rings is 2. The van der Waals surface area contributed by atoms with Crippen molar-refractivity contribution in [2.75, 3.05) is 33.9 Å². The van der Waals surface area contributed by atoms with E-state index in [1.807, 2.05) is 42.5 Å². The zero-order valence-electron chi connectivity index (χ0n) is 16.4.